The van der Waals surface area contributed by atoms with Crippen LogP contribution in [-0.4, -0.2) is 18.5 Å². The molecular weight excluding hydrogens is 180 g/mol. The number of carbonyl (C=O) groups is 1. The maximum absolute atomic E-state index is 10.5. The van der Waals surface area contributed by atoms with Crippen molar-refractivity contribution in [2.24, 2.45) is 5.73 Å². The Labute approximate surface area is 83.5 Å². The van der Waals surface area contributed by atoms with Gasteiger partial charge in [0.15, 0.2) is 0 Å². The van der Waals surface area contributed by atoms with E-state index in [1.54, 1.807) is 6.26 Å². The Hall–Kier alpha value is -1.29. The molecule has 4 nitrogen and oxygen atoms in total. The van der Waals surface area contributed by atoms with Crippen LogP contribution in [0.1, 0.15) is 19.1 Å². The predicted octanol–water partition coefficient (Wildman–Crippen LogP) is 0.676. The molecule has 0 radical (unpaired) electrons. The molecule has 14 heavy (non-hydrogen) atoms. The standard InChI is InChI=1S/C10H16N2O2/c1-8(12-7-10(11)13)4-5-9-3-2-6-14-9/h2-3,6,8,12H,4-5,7H2,1H3,(H2,11,13). The summed E-state index contributed by atoms with van der Waals surface area (Å²) in [6, 6.07) is 4.09. The fourth-order valence-electron chi connectivity index (χ4n) is 1.19. The molecule has 0 spiro atoms. The zero-order chi connectivity index (χ0) is 10.4. The maximum atomic E-state index is 10.5. The summed E-state index contributed by atoms with van der Waals surface area (Å²) in [7, 11) is 0. The molecule has 0 fully saturated rings. The van der Waals surface area contributed by atoms with Gasteiger partial charge in [-0.15, -0.1) is 0 Å². The number of primary amides is 1. The summed E-state index contributed by atoms with van der Waals surface area (Å²) in [4.78, 5) is 10.5. The van der Waals surface area contributed by atoms with Crippen molar-refractivity contribution in [3.05, 3.63) is 24.2 Å². The minimum absolute atomic E-state index is 0.235. The molecular formula is C10H16N2O2. The van der Waals surface area contributed by atoms with Crippen LogP contribution in [0.15, 0.2) is 22.8 Å². The third kappa shape index (κ3) is 4.09. The molecule has 0 saturated heterocycles. The second-order valence-corrected chi connectivity index (χ2v) is 3.37. The third-order valence-corrected chi connectivity index (χ3v) is 2.03. The van der Waals surface area contributed by atoms with Crippen molar-refractivity contribution in [3.63, 3.8) is 0 Å². The normalized spacial score (nSPS) is 12.6. The molecule has 0 bridgehead atoms. The summed E-state index contributed by atoms with van der Waals surface area (Å²) < 4.78 is 5.19. The molecule has 1 rings (SSSR count). The van der Waals surface area contributed by atoms with E-state index in [0.29, 0.717) is 0 Å². The molecule has 1 aromatic heterocycles. The summed E-state index contributed by atoms with van der Waals surface area (Å²) in [6.07, 6.45) is 3.47. The van der Waals surface area contributed by atoms with Crippen LogP contribution in [0.5, 0.6) is 0 Å². The quantitative estimate of drug-likeness (QED) is 0.702. The first-order valence-corrected chi connectivity index (χ1v) is 4.72. The number of hydrogen-bond donors (Lipinski definition) is 2. The van der Waals surface area contributed by atoms with Crippen molar-refractivity contribution in [1.82, 2.24) is 5.32 Å². The fraction of sp³-hybridized carbons (Fsp3) is 0.500. The SMILES string of the molecule is CC(CCc1ccco1)NCC(N)=O. The molecule has 78 valence electrons. The van der Waals surface area contributed by atoms with Gasteiger partial charge in [-0.25, -0.2) is 0 Å². The molecule has 0 aliphatic heterocycles. The van der Waals surface area contributed by atoms with E-state index in [-0.39, 0.29) is 18.5 Å². The first-order chi connectivity index (χ1) is 6.68. The van der Waals surface area contributed by atoms with E-state index in [1.807, 2.05) is 19.1 Å². The van der Waals surface area contributed by atoms with Gasteiger partial charge in [0, 0.05) is 12.5 Å². The number of nitrogens with one attached hydrogen (secondary N) is 1. The van der Waals surface area contributed by atoms with Crippen molar-refractivity contribution in [2.75, 3.05) is 6.54 Å². The molecule has 1 amide bonds. The number of amides is 1. The van der Waals surface area contributed by atoms with E-state index in [0.717, 1.165) is 18.6 Å². The molecule has 4 heteroatoms. The predicted molar refractivity (Wildman–Crippen MR) is 53.7 cm³/mol. The zero-order valence-electron chi connectivity index (χ0n) is 8.32. The van der Waals surface area contributed by atoms with E-state index < -0.39 is 0 Å². The Bertz CT molecular complexity index is 270. The molecule has 0 aliphatic rings. The molecule has 0 aliphatic carbocycles. The first-order valence-electron chi connectivity index (χ1n) is 4.72. The Morgan fingerprint density at radius 3 is 3.07 bits per heavy atom. The van der Waals surface area contributed by atoms with Crippen LogP contribution in [-0.2, 0) is 11.2 Å². The van der Waals surface area contributed by atoms with E-state index in [9.17, 15) is 4.79 Å². The summed E-state index contributed by atoms with van der Waals surface area (Å²) >= 11 is 0. The average Bonchev–Trinajstić information content (AvgIpc) is 2.63. The summed E-state index contributed by atoms with van der Waals surface area (Å²) in [6.45, 7) is 2.26. The van der Waals surface area contributed by atoms with Gasteiger partial charge in [-0.3, -0.25) is 4.79 Å². The van der Waals surface area contributed by atoms with Crippen molar-refractivity contribution in [1.29, 1.82) is 0 Å². The molecule has 0 saturated carbocycles. The van der Waals surface area contributed by atoms with Gasteiger partial charge in [0.1, 0.15) is 5.76 Å². The number of hydrogen-bond acceptors (Lipinski definition) is 3. The second kappa shape index (κ2) is 5.44. The van der Waals surface area contributed by atoms with Crippen LogP contribution in [0.3, 0.4) is 0 Å². The fourth-order valence-corrected chi connectivity index (χ4v) is 1.19. The van der Waals surface area contributed by atoms with Gasteiger partial charge in [0.05, 0.1) is 12.8 Å². The van der Waals surface area contributed by atoms with Crippen LogP contribution in [0, 0.1) is 0 Å². The minimum atomic E-state index is -0.324. The summed E-state index contributed by atoms with van der Waals surface area (Å²) in [5.74, 6) is 0.646. The van der Waals surface area contributed by atoms with Gasteiger partial charge in [-0.2, -0.15) is 0 Å². The van der Waals surface area contributed by atoms with Gasteiger partial charge >= 0.3 is 0 Å². The smallest absolute Gasteiger partial charge is 0.231 e. The zero-order valence-corrected chi connectivity index (χ0v) is 8.32. The van der Waals surface area contributed by atoms with Gasteiger partial charge in [-0.05, 0) is 25.5 Å². The molecule has 1 heterocycles. The number of carbonyl (C=O) groups excluding carboxylic acids is 1. The molecule has 3 N–H and O–H groups in total. The Kier molecular flexibility index (Phi) is 4.19. The van der Waals surface area contributed by atoms with Gasteiger partial charge in [0.25, 0.3) is 0 Å². The molecule has 1 unspecified atom stereocenters. The summed E-state index contributed by atoms with van der Waals surface area (Å²) in [5, 5.41) is 3.03. The van der Waals surface area contributed by atoms with Gasteiger partial charge in [-0.1, -0.05) is 0 Å². The number of rotatable bonds is 6. The summed E-state index contributed by atoms with van der Waals surface area (Å²) in [5.41, 5.74) is 5.01. The van der Waals surface area contributed by atoms with Gasteiger partial charge in [0.2, 0.25) is 5.91 Å². The Morgan fingerprint density at radius 2 is 2.50 bits per heavy atom. The van der Waals surface area contributed by atoms with E-state index in [2.05, 4.69) is 5.32 Å². The van der Waals surface area contributed by atoms with Crippen molar-refractivity contribution >= 4 is 5.91 Å². The lowest BCUT2D eigenvalue weighted by atomic mass is 10.1. The highest BCUT2D eigenvalue weighted by atomic mass is 16.3. The van der Waals surface area contributed by atoms with Crippen LogP contribution >= 0.6 is 0 Å². The molecule has 1 aromatic rings. The minimum Gasteiger partial charge on any atom is -0.469 e. The number of nitrogens with two attached hydrogens (primary N) is 1. The van der Waals surface area contributed by atoms with Crippen molar-refractivity contribution in [2.45, 2.75) is 25.8 Å². The monoisotopic (exact) mass is 196 g/mol. The highest BCUT2D eigenvalue weighted by Crippen LogP contribution is 2.05. The molecule has 0 aromatic carbocycles. The van der Waals surface area contributed by atoms with Crippen LogP contribution < -0.4 is 11.1 Å². The number of aryl methyl sites for hydroxylation is 1. The van der Waals surface area contributed by atoms with E-state index in [1.165, 1.54) is 0 Å². The lowest BCUT2D eigenvalue weighted by Gasteiger charge is -2.10. The molecule has 1 atom stereocenters. The van der Waals surface area contributed by atoms with E-state index >= 15 is 0 Å². The lowest BCUT2D eigenvalue weighted by Crippen LogP contribution is -2.35. The van der Waals surface area contributed by atoms with Crippen LogP contribution in [0.25, 0.3) is 0 Å². The second-order valence-electron chi connectivity index (χ2n) is 3.37. The van der Waals surface area contributed by atoms with E-state index in [4.69, 9.17) is 10.2 Å². The maximum Gasteiger partial charge on any atom is 0.231 e. The van der Waals surface area contributed by atoms with Crippen LogP contribution in [0.2, 0.25) is 0 Å². The highest BCUT2D eigenvalue weighted by molar-refractivity contribution is 5.75. The largest absolute Gasteiger partial charge is 0.469 e. The third-order valence-electron chi connectivity index (χ3n) is 2.03. The number of furan rings is 1. The lowest BCUT2D eigenvalue weighted by molar-refractivity contribution is -0.117. The average molecular weight is 196 g/mol. The Morgan fingerprint density at radius 1 is 1.71 bits per heavy atom. The van der Waals surface area contributed by atoms with Gasteiger partial charge < -0.3 is 15.5 Å². The van der Waals surface area contributed by atoms with Crippen molar-refractivity contribution < 1.29 is 9.21 Å². The topological polar surface area (TPSA) is 68.3 Å². The first kappa shape index (κ1) is 10.8. The van der Waals surface area contributed by atoms with Crippen LogP contribution in [0.4, 0.5) is 0 Å². The Balaban J connectivity index is 2.15. The highest BCUT2D eigenvalue weighted by Gasteiger charge is 2.04. The van der Waals surface area contributed by atoms with Crippen molar-refractivity contribution in [3.8, 4) is 0 Å².